The van der Waals surface area contributed by atoms with E-state index in [1.165, 1.54) is 24.1 Å². The van der Waals surface area contributed by atoms with Gasteiger partial charge in [0.15, 0.2) is 6.29 Å². The van der Waals surface area contributed by atoms with E-state index in [2.05, 4.69) is 0 Å². The quantitative estimate of drug-likeness (QED) is 0.417. The van der Waals surface area contributed by atoms with E-state index in [1.807, 2.05) is 12.1 Å². The minimum Gasteiger partial charge on any atom is -0.875 e. The Morgan fingerprint density at radius 2 is 2.15 bits per heavy atom. The average molecular weight is 193 g/mol. The molecule has 0 saturated carbocycles. The number of allylic oxidation sites excluding steroid dienone is 1. The molecule has 0 aliphatic rings. The zero-order valence-corrected chi connectivity index (χ0v) is 8.01. The predicted octanol–water partition coefficient (Wildman–Crippen LogP) is 1.81. The lowest BCUT2D eigenvalue weighted by Crippen LogP contribution is -1.96. The summed E-state index contributed by atoms with van der Waals surface area (Å²) in [6.45, 7) is 1.48. The molecule has 3 heteroatoms. The van der Waals surface area contributed by atoms with Crippen molar-refractivity contribution in [3.05, 3.63) is 41.0 Å². The van der Waals surface area contributed by atoms with Crippen molar-refractivity contribution in [2.45, 2.75) is 11.8 Å². The molecule has 0 atom stereocenters. The van der Waals surface area contributed by atoms with Gasteiger partial charge in [-0.05, 0) is 11.5 Å². The van der Waals surface area contributed by atoms with E-state index in [0.29, 0.717) is 5.56 Å². The third-order valence-corrected chi connectivity index (χ3v) is 2.47. The van der Waals surface area contributed by atoms with Gasteiger partial charge in [0.1, 0.15) is 0 Å². The maximum absolute atomic E-state index is 10.7. The predicted molar refractivity (Wildman–Crippen MR) is 51.4 cm³/mol. The molecular weight excluding hydrogens is 184 g/mol. The maximum Gasteiger partial charge on any atom is 0.151 e. The lowest BCUT2D eigenvalue weighted by Gasteiger charge is -2.04. The monoisotopic (exact) mass is 193 g/mol. The maximum atomic E-state index is 10.7. The van der Waals surface area contributed by atoms with E-state index < -0.39 is 0 Å². The molecule has 0 heterocycles. The SMILES string of the molecule is C/C([O-])=C/Sc1ccccc1C=O. The van der Waals surface area contributed by atoms with Gasteiger partial charge in [0.05, 0.1) is 0 Å². The molecule has 2 nitrogen and oxygen atoms in total. The molecule has 0 aromatic heterocycles. The molecule has 0 N–H and O–H groups in total. The van der Waals surface area contributed by atoms with Gasteiger partial charge in [-0.2, -0.15) is 0 Å². The summed E-state index contributed by atoms with van der Waals surface area (Å²) in [6.07, 6.45) is 0.788. The van der Waals surface area contributed by atoms with Crippen LogP contribution in [0.1, 0.15) is 17.3 Å². The first-order valence-corrected chi connectivity index (χ1v) is 4.66. The highest BCUT2D eigenvalue weighted by molar-refractivity contribution is 8.02. The van der Waals surface area contributed by atoms with Crippen LogP contribution in [-0.4, -0.2) is 6.29 Å². The Hall–Kier alpha value is -1.22. The Morgan fingerprint density at radius 1 is 1.46 bits per heavy atom. The van der Waals surface area contributed by atoms with Gasteiger partial charge in [-0.3, -0.25) is 4.79 Å². The van der Waals surface area contributed by atoms with E-state index in [-0.39, 0.29) is 5.76 Å². The molecule has 1 aromatic carbocycles. The number of carbonyl (C=O) groups is 1. The standard InChI is InChI=1S/C10H10O2S/c1-8(12)7-13-10-5-3-2-4-9(10)6-11/h2-7,12H,1H3/p-1/b8-7-. The lowest BCUT2D eigenvalue weighted by atomic mass is 10.2. The number of thioether (sulfide) groups is 1. The summed E-state index contributed by atoms with van der Waals surface area (Å²) in [6, 6.07) is 7.17. The highest BCUT2D eigenvalue weighted by Gasteiger charge is 1.97. The third kappa shape index (κ3) is 2.95. The molecule has 0 amide bonds. The molecule has 1 aromatic rings. The van der Waals surface area contributed by atoms with Crippen molar-refractivity contribution < 1.29 is 9.90 Å². The van der Waals surface area contributed by atoms with E-state index in [9.17, 15) is 9.90 Å². The molecule has 0 aliphatic carbocycles. The summed E-state index contributed by atoms with van der Waals surface area (Å²) in [5, 5.41) is 12.1. The summed E-state index contributed by atoms with van der Waals surface area (Å²) >= 11 is 1.27. The highest BCUT2D eigenvalue weighted by Crippen LogP contribution is 2.22. The van der Waals surface area contributed by atoms with E-state index >= 15 is 0 Å². The number of aldehydes is 1. The van der Waals surface area contributed by atoms with Gasteiger partial charge >= 0.3 is 0 Å². The van der Waals surface area contributed by atoms with Gasteiger partial charge in [-0.25, -0.2) is 0 Å². The van der Waals surface area contributed by atoms with Crippen molar-refractivity contribution in [3.8, 4) is 0 Å². The molecule has 0 aliphatic heterocycles. The number of hydrogen-bond acceptors (Lipinski definition) is 3. The van der Waals surface area contributed by atoms with Crippen molar-refractivity contribution in [1.29, 1.82) is 0 Å². The molecule has 13 heavy (non-hydrogen) atoms. The van der Waals surface area contributed by atoms with Gasteiger partial charge in [-0.15, -0.1) is 5.76 Å². The largest absolute Gasteiger partial charge is 0.875 e. The Balaban J connectivity index is 2.87. The molecule has 0 unspecified atom stereocenters. The van der Waals surface area contributed by atoms with Crippen LogP contribution in [-0.2, 0) is 0 Å². The zero-order valence-electron chi connectivity index (χ0n) is 7.19. The summed E-state index contributed by atoms with van der Waals surface area (Å²) in [5.74, 6) is -0.00861. The van der Waals surface area contributed by atoms with Crippen LogP contribution < -0.4 is 5.11 Å². The van der Waals surface area contributed by atoms with Crippen LogP contribution in [0.3, 0.4) is 0 Å². The van der Waals surface area contributed by atoms with Crippen molar-refractivity contribution in [1.82, 2.24) is 0 Å². The Labute approximate surface area is 81.3 Å². The van der Waals surface area contributed by atoms with Crippen LogP contribution >= 0.6 is 11.8 Å². The second kappa shape index (κ2) is 4.72. The molecule has 0 spiro atoms. The summed E-state index contributed by atoms with van der Waals surface area (Å²) in [5.41, 5.74) is 0.616. The van der Waals surface area contributed by atoms with Crippen molar-refractivity contribution in [2.24, 2.45) is 0 Å². The number of benzene rings is 1. The summed E-state index contributed by atoms with van der Waals surface area (Å²) in [4.78, 5) is 11.4. The van der Waals surface area contributed by atoms with Crippen LogP contribution in [0.2, 0.25) is 0 Å². The highest BCUT2D eigenvalue weighted by atomic mass is 32.2. The second-order valence-corrected chi connectivity index (χ2v) is 3.41. The molecule has 0 fully saturated rings. The Kier molecular flexibility index (Phi) is 3.58. The lowest BCUT2D eigenvalue weighted by molar-refractivity contribution is -0.301. The zero-order chi connectivity index (χ0) is 9.68. The van der Waals surface area contributed by atoms with Gasteiger partial charge in [0, 0.05) is 10.5 Å². The van der Waals surface area contributed by atoms with Crippen molar-refractivity contribution >= 4 is 18.0 Å². The van der Waals surface area contributed by atoms with Gasteiger partial charge in [0.2, 0.25) is 0 Å². The van der Waals surface area contributed by atoms with Gasteiger partial charge in [0.25, 0.3) is 0 Å². The topological polar surface area (TPSA) is 40.1 Å². The first kappa shape index (κ1) is 9.86. The van der Waals surface area contributed by atoms with E-state index in [0.717, 1.165) is 11.2 Å². The normalized spacial score (nSPS) is 11.3. The van der Waals surface area contributed by atoms with Crippen LogP contribution in [0.15, 0.2) is 40.3 Å². The number of carbonyl (C=O) groups excluding carboxylic acids is 1. The summed E-state index contributed by atoms with van der Waals surface area (Å²) in [7, 11) is 0. The third-order valence-electron chi connectivity index (χ3n) is 1.40. The second-order valence-electron chi connectivity index (χ2n) is 2.50. The van der Waals surface area contributed by atoms with Crippen LogP contribution in [0.4, 0.5) is 0 Å². The molecule has 68 valence electrons. The van der Waals surface area contributed by atoms with E-state index in [4.69, 9.17) is 0 Å². The molecular formula is C10H9O2S-. The summed E-state index contributed by atoms with van der Waals surface area (Å²) < 4.78 is 0. The fourth-order valence-corrected chi connectivity index (χ4v) is 1.53. The molecule has 0 saturated heterocycles. The first-order chi connectivity index (χ1) is 6.24. The number of rotatable bonds is 3. The molecule has 0 bridgehead atoms. The van der Waals surface area contributed by atoms with Crippen LogP contribution in [0, 0.1) is 0 Å². The van der Waals surface area contributed by atoms with Crippen LogP contribution in [0.5, 0.6) is 0 Å². The minimum atomic E-state index is -0.00861. The smallest absolute Gasteiger partial charge is 0.151 e. The first-order valence-electron chi connectivity index (χ1n) is 3.78. The van der Waals surface area contributed by atoms with E-state index in [1.54, 1.807) is 12.1 Å². The van der Waals surface area contributed by atoms with Gasteiger partial charge < -0.3 is 5.11 Å². The number of hydrogen-bond donors (Lipinski definition) is 0. The van der Waals surface area contributed by atoms with Gasteiger partial charge in [-0.1, -0.05) is 36.9 Å². The van der Waals surface area contributed by atoms with Crippen molar-refractivity contribution in [2.75, 3.05) is 0 Å². The van der Waals surface area contributed by atoms with Crippen LogP contribution in [0.25, 0.3) is 0 Å². The Bertz CT molecular complexity index is 327. The fraction of sp³-hybridized carbons (Fsp3) is 0.100. The minimum absolute atomic E-state index is 0.00861. The molecule has 1 rings (SSSR count). The Morgan fingerprint density at radius 3 is 2.77 bits per heavy atom. The van der Waals surface area contributed by atoms with Crippen molar-refractivity contribution in [3.63, 3.8) is 0 Å². The average Bonchev–Trinajstić information content (AvgIpc) is 2.15. The fourth-order valence-electron chi connectivity index (χ4n) is 0.832. The molecule has 0 radical (unpaired) electrons.